The summed E-state index contributed by atoms with van der Waals surface area (Å²) in [5, 5.41) is 6.84. The summed E-state index contributed by atoms with van der Waals surface area (Å²) in [7, 11) is 0. The lowest BCUT2D eigenvalue weighted by Crippen LogP contribution is -2.19. The van der Waals surface area contributed by atoms with Gasteiger partial charge in [0.1, 0.15) is 17.5 Å². The molecule has 1 aromatic heterocycles. The Morgan fingerprint density at radius 1 is 1.38 bits per heavy atom. The second-order valence-electron chi connectivity index (χ2n) is 5.32. The van der Waals surface area contributed by atoms with Crippen LogP contribution in [-0.4, -0.2) is 15.7 Å². The molecule has 6 heteroatoms. The van der Waals surface area contributed by atoms with Gasteiger partial charge in [0.05, 0.1) is 17.8 Å². The van der Waals surface area contributed by atoms with Gasteiger partial charge in [-0.2, -0.15) is 5.10 Å². The van der Waals surface area contributed by atoms with Crippen LogP contribution in [0.3, 0.4) is 0 Å². The van der Waals surface area contributed by atoms with Gasteiger partial charge in [-0.3, -0.25) is 4.79 Å². The number of carbonyl (C=O) groups is 1. The molecular formula is C15H15F2N3O. The predicted molar refractivity (Wildman–Crippen MR) is 74.0 cm³/mol. The maximum Gasteiger partial charge on any atom is 0.259 e. The third kappa shape index (κ3) is 2.79. The van der Waals surface area contributed by atoms with Crippen molar-refractivity contribution in [1.82, 2.24) is 9.78 Å². The number of aromatic nitrogens is 2. The SMILES string of the molecule is CC(C1CC1)n1nccc1NC(=O)c1ccc(F)cc1F. The molecular weight excluding hydrogens is 276 g/mol. The Bertz CT molecular complexity index is 679. The van der Waals surface area contributed by atoms with Gasteiger partial charge in [0, 0.05) is 12.1 Å². The van der Waals surface area contributed by atoms with Gasteiger partial charge in [-0.15, -0.1) is 0 Å². The molecule has 0 bridgehead atoms. The molecule has 1 fully saturated rings. The van der Waals surface area contributed by atoms with Crippen molar-refractivity contribution in [2.45, 2.75) is 25.8 Å². The Kier molecular flexibility index (Phi) is 3.45. The van der Waals surface area contributed by atoms with Crippen molar-refractivity contribution < 1.29 is 13.6 Å². The molecule has 1 heterocycles. The molecule has 1 saturated carbocycles. The summed E-state index contributed by atoms with van der Waals surface area (Å²) in [6, 6.07) is 4.73. The van der Waals surface area contributed by atoms with E-state index in [-0.39, 0.29) is 11.6 Å². The molecule has 110 valence electrons. The molecule has 1 N–H and O–H groups in total. The average Bonchev–Trinajstić information content (AvgIpc) is 3.18. The second kappa shape index (κ2) is 5.27. The van der Waals surface area contributed by atoms with Crippen molar-refractivity contribution in [1.29, 1.82) is 0 Å². The van der Waals surface area contributed by atoms with E-state index < -0.39 is 17.5 Å². The van der Waals surface area contributed by atoms with E-state index in [0.717, 1.165) is 25.0 Å². The van der Waals surface area contributed by atoms with E-state index in [9.17, 15) is 13.6 Å². The third-order valence-corrected chi connectivity index (χ3v) is 3.78. The van der Waals surface area contributed by atoms with E-state index in [1.165, 1.54) is 0 Å². The van der Waals surface area contributed by atoms with E-state index in [4.69, 9.17) is 0 Å². The van der Waals surface area contributed by atoms with Gasteiger partial charge in [0.15, 0.2) is 0 Å². The Labute approximate surface area is 120 Å². The molecule has 1 aromatic carbocycles. The number of hydrogen-bond donors (Lipinski definition) is 1. The van der Waals surface area contributed by atoms with Crippen LogP contribution in [0.2, 0.25) is 0 Å². The van der Waals surface area contributed by atoms with Crippen molar-refractivity contribution in [2.75, 3.05) is 5.32 Å². The summed E-state index contributed by atoms with van der Waals surface area (Å²) in [5.41, 5.74) is -0.191. The van der Waals surface area contributed by atoms with Gasteiger partial charge in [-0.05, 0) is 37.8 Å². The first-order valence-corrected chi connectivity index (χ1v) is 6.86. The second-order valence-corrected chi connectivity index (χ2v) is 5.32. The number of hydrogen-bond acceptors (Lipinski definition) is 2. The molecule has 1 atom stereocenters. The maximum atomic E-state index is 13.6. The molecule has 1 aliphatic carbocycles. The monoisotopic (exact) mass is 291 g/mol. The highest BCUT2D eigenvalue weighted by Gasteiger charge is 2.30. The van der Waals surface area contributed by atoms with Crippen LogP contribution in [0.25, 0.3) is 0 Å². The lowest BCUT2D eigenvalue weighted by atomic mass is 10.2. The fraction of sp³-hybridized carbons (Fsp3) is 0.333. The van der Waals surface area contributed by atoms with Crippen LogP contribution in [0, 0.1) is 17.6 Å². The molecule has 1 amide bonds. The fourth-order valence-electron chi connectivity index (χ4n) is 2.37. The van der Waals surface area contributed by atoms with Crippen LogP contribution in [0.4, 0.5) is 14.6 Å². The van der Waals surface area contributed by atoms with Crippen molar-refractivity contribution in [3.8, 4) is 0 Å². The van der Waals surface area contributed by atoms with Crippen LogP contribution in [0.15, 0.2) is 30.5 Å². The molecule has 21 heavy (non-hydrogen) atoms. The molecule has 0 radical (unpaired) electrons. The van der Waals surface area contributed by atoms with Gasteiger partial charge >= 0.3 is 0 Å². The summed E-state index contributed by atoms with van der Waals surface area (Å²) in [5.74, 6) is -1.12. The van der Waals surface area contributed by atoms with Crippen LogP contribution in [-0.2, 0) is 0 Å². The van der Waals surface area contributed by atoms with E-state index in [0.29, 0.717) is 17.8 Å². The average molecular weight is 291 g/mol. The Morgan fingerprint density at radius 3 is 2.81 bits per heavy atom. The van der Waals surface area contributed by atoms with E-state index in [1.54, 1.807) is 16.9 Å². The summed E-state index contributed by atoms with van der Waals surface area (Å²) < 4.78 is 28.2. The van der Waals surface area contributed by atoms with E-state index in [2.05, 4.69) is 10.4 Å². The number of rotatable bonds is 4. The number of nitrogens with one attached hydrogen (secondary N) is 1. The number of amides is 1. The Morgan fingerprint density at radius 2 is 2.14 bits per heavy atom. The van der Waals surface area contributed by atoms with Gasteiger partial charge in [0.2, 0.25) is 0 Å². The molecule has 0 saturated heterocycles. The lowest BCUT2D eigenvalue weighted by molar-refractivity contribution is 0.102. The predicted octanol–water partition coefficient (Wildman–Crippen LogP) is 3.38. The number of nitrogens with zero attached hydrogens (tertiary/aromatic N) is 2. The maximum absolute atomic E-state index is 13.6. The zero-order valence-corrected chi connectivity index (χ0v) is 11.5. The van der Waals surface area contributed by atoms with Crippen LogP contribution in [0.1, 0.15) is 36.2 Å². The summed E-state index contributed by atoms with van der Waals surface area (Å²) in [4.78, 5) is 12.1. The summed E-state index contributed by atoms with van der Waals surface area (Å²) in [6.45, 7) is 2.04. The molecule has 2 aromatic rings. The number of benzene rings is 1. The zero-order valence-electron chi connectivity index (χ0n) is 11.5. The van der Waals surface area contributed by atoms with Crippen LogP contribution >= 0.6 is 0 Å². The van der Waals surface area contributed by atoms with Crippen LogP contribution < -0.4 is 5.32 Å². The number of anilines is 1. The van der Waals surface area contributed by atoms with Crippen LogP contribution in [0.5, 0.6) is 0 Å². The first-order valence-electron chi connectivity index (χ1n) is 6.86. The van der Waals surface area contributed by atoms with Crippen molar-refractivity contribution in [2.24, 2.45) is 5.92 Å². The zero-order chi connectivity index (χ0) is 15.0. The topological polar surface area (TPSA) is 46.9 Å². The van der Waals surface area contributed by atoms with E-state index >= 15 is 0 Å². The molecule has 3 rings (SSSR count). The van der Waals surface area contributed by atoms with Crippen molar-refractivity contribution in [3.63, 3.8) is 0 Å². The standard InChI is InChI=1S/C15H15F2N3O/c1-9(10-2-3-10)20-14(6-7-18-20)19-15(21)12-5-4-11(16)8-13(12)17/h4-10H,2-3H2,1H3,(H,19,21). The number of halogens is 2. The first kappa shape index (κ1) is 13.7. The normalized spacial score (nSPS) is 15.8. The fourth-order valence-corrected chi connectivity index (χ4v) is 2.37. The first-order chi connectivity index (χ1) is 10.1. The highest BCUT2D eigenvalue weighted by atomic mass is 19.1. The minimum absolute atomic E-state index is 0.188. The number of carbonyl (C=O) groups excluding carboxylic acids is 1. The van der Waals surface area contributed by atoms with Crippen molar-refractivity contribution >= 4 is 11.7 Å². The molecule has 1 unspecified atom stereocenters. The largest absolute Gasteiger partial charge is 0.307 e. The van der Waals surface area contributed by atoms with Gasteiger partial charge < -0.3 is 5.32 Å². The lowest BCUT2D eigenvalue weighted by Gasteiger charge is -2.15. The smallest absolute Gasteiger partial charge is 0.259 e. The Hall–Kier alpha value is -2.24. The minimum Gasteiger partial charge on any atom is -0.307 e. The van der Waals surface area contributed by atoms with Gasteiger partial charge in [-0.25, -0.2) is 13.5 Å². The quantitative estimate of drug-likeness (QED) is 0.938. The minimum atomic E-state index is -0.881. The molecule has 0 spiro atoms. The molecule has 0 aliphatic heterocycles. The van der Waals surface area contributed by atoms with Gasteiger partial charge in [0.25, 0.3) is 5.91 Å². The summed E-state index contributed by atoms with van der Waals surface area (Å²) >= 11 is 0. The Balaban J connectivity index is 1.80. The molecule has 4 nitrogen and oxygen atoms in total. The van der Waals surface area contributed by atoms with Crippen molar-refractivity contribution in [3.05, 3.63) is 47.7 Å². The highest BCUT2D eigenvalue weighted by Crippen LogP contribution is 2.40. The summed E-state index contributed by atoms with van der Waals surface area (Å²) in [6.07, 6.45) is 3.90. The highest BCUT2D eigenvalue weighted by molar-refractivity contribution is 6.04. The van der Waals surface area contributed by atoms with E-state index in [1.807, 2.05) is 6.92 Å². The van der Waals surface area contributed by atoms with Gasteiger partial charge in [-0.1, -0.05) is 0 Å². The third-order valence-electron chi connectivity index (χ3n) is 3.78. The molecule has 1 aliphatic rings.